The predicted molar refractivity (Wildman–Crippen MR) is 95.9 cm³/mol. The number of hydrogen-bond donors (Lipinski definition) is 2. The van der Waals surface area contributed by atoms with Crippen molar-refractivity contribution < 1.29 is 14.3 Å². The molecule has 7 heteroatoms. The summed E-state index contributed by atoms with van der Waals surface area (Å²) < 4.78 is 5.34. The number of benzene rings is 1. The van der Waals surface area contributed by atoms with Crippen molar-refractivity contribution in [2.45, 2.75) is 13.3 Å². The molecule has 2 rings (SSSR count). The van der Waals surface area contributed by atoms with Crippen molar-refractivity contribution in [3.05, 3.63) is 58.9 Å². The number of aromatic nitrogens is 1. The number of rotatable bonds is 8. The van der Waals surface area contributed by atoms with Gasteiger partial charge in [-0.3, -0.25) is 14.6 Å². The van der Waals surface area contributed by atoms with Crippen LogP contribution in [0.15, 0.2) is 42.6 Å². The fourth-order valence-corrected chi connectivity index (χ4v) is 2.17. The highest BCUT2D eigenvalue weighted by Crippen LogP contribution is 2.22. The van der Waals surface area contributed by atoms with Gasteiger partial charge in [-0.2, -0.15) is 0 Å². The van der Waals surface area contributed by atoms with Gasteiger partial charge in [-0.25, -0.2) is 0 Å². The van der Waals surface area contributed by atoms with E-state index in [-0.39, 0.29) is 18.4 Å². The van der Waals surface area contributed by atoms with Gasteiger partial charge in [0.25, 0.3) is 11.8 Å². The number of ether oxygens (including phenoxy) is 1. The van der Waals surface area contributed by atoms with E-state index >= 15 is 0 Å². The Hall–Kier alpha value is -2.60. The molecule has 0 saturated carbocycles. The molecular weight excluding hydrogens is 342 g/mol. The van der Waals surface area contributed by atoms with Gasteiger partial charge >= 0.3 is 0 Å². The fourth-order valence-electron chi connectivity index (χ4n) is 1.98. The normalized spacial score (nSPS) is 10.2. The lowest BCUT2D eigenvalue weighted by molar-refractivity contribution is -0.123. The summed E-state index contributed by atoms with van der Waals surface area (Å²) >= 11 is 5.94. The maximum absolute atomic E-state index is 11.9. The minimum atomic E-state index is -0.242. The lowest BCUT2D eigenvalue weighted by atomic mass is 10.2. The van der Waals surface area contributed by atoms with Gasteiger partial charge in [0.1, 0.15) is 5.75 Å². The second-order valence-electron chi connectivity index (χ2n) is 5.37. The molecule has 2 aromatic rings. The number of carbonyl (C=O) groups excluding carboxylic acids is 2. The van der Waals surface area contributed by atoms with Crippen molar-refractivity contribution in [3.63, 3.8) is 0 Å². The molecule has 0 aliphatic rings. The van der Waals surface area contributed by atoms with Crippen LogP contribution in [-0.4, -0.2) is 36.5 Å². The number of pyridine rings is 1. The van der Waals surface area contributed by atoms with Gasteiger partial charge in [-0.05, 0) is 37.6 Å². The van der Waals surface area contributed by atoms with Crippen molar-refractivity contribution >= 4 is 23.4 Å². The number of halogens is 1. The van der Waals surface area contributed by atoms with E-state index in [0.717, 1.165) is 5.69 Å². The Morgan fingerprint density at radius 2 is 1.88 bits per heavy atom. The zero-order valence-corrected chi connectivity index (χ0v) is 14.7. The fraction of sp³-hybridized carbons (Fsp3) is 0.278. The van der Waals surface area contributed by atoms with E-state index < -0.39 is 0 Å². The van der Waals surface area contributed by atoms with E-state index in [1.165, 1.54) is 0 Å². The Balaban J connectivity index is 1.59. The predicted octanol–water partition coefficient (Wildman–Crippen LogP) is 2.36. The molecule has 25 heavy (non-hydrogen) atoms. The first-order valence-corrected chi connectivity index (χ1v) is 8.29. The number of amides is 2. The molecule has 0 unspecified atom stereocenters. The molecule has 2 N–H and O–H groups in total. The van der Waals surface area contributed by atoms with E-state index in [2.05, 4.69) is 15.6 Å². The molecule has 6 nitrogen and oxygen atoms in total. The second kappa shape index (κ2) is 9.64. The molecule has 0 aliphatic heterocycles. The number of aryl methyl sites for hydroxylation is 1. The highest BCUT2D eigenvalue weighted by atomic mass is 35.5. The molecule has 0 fully saturated rings. The summed E-state index contributed by atoms with van der Waals surface area (Å²) in [7, 11) is 0. The van der Waals surface area contributed by atoms with Crippen LogP contribution in [0.25, 0.3) is 0 Å². The molecular formula is C18H20ClN3O3. The van der Waals surface area contributed by atoms with Crippen LogP contribution < -0.4 is 15.4 Å². The third kappa shape index (κ3) is 6.43. The first-order valence-electron chi connectivity index (χ1n) is 7.91. The maximum Gasteiger partial charge on any atom is 0.257 e. The molecule has 132 valence electrons. The van der Waals surface area contributed by atoms with Crippen LogP contribution in [0.3, 0.4) is 0 Å². The van der Waals surface area contributed by atoms with Crippen molar-refractivity contribution in [1.82, 2.24) is 15.6 Å². The SMILES string of the molecule is Cc1ccc(C(=O)NCCCNC(=O)COc2ccccc2Cl)cn1. The summed E-state index contributed by atoms with van der Waals surface area (Å²) in [5, 5.41) is 5.96. The lowest BCUT2D eigenvalue weighted by Crippen LogP contribution is -2.32. The van der Waals surface area contributed by atoms with Gasteiger partial charge in [0.05, 0.1) is 10.6 Å². The quantitative estimate of drug-likeness (QED) is 0.707. The number of nitrogens with one attached hydrogen (secondary N) is 2. The minimum Gasteiger partial charge on any atom is -0.482 e. The minimum absolute atomic E-state index is 0.106. The monoisotopic (exact) mass is 361 g/mol. The molecule has 0 aliphatic carbocycles. The van der Waals surface area contributed by atoms with Gasteiger partial charge in [-0.1, -0.05) is 23.7 Å². The summed E-state index contributed by atoms with van der Waals surface area (Å²) in [6.07, 6.45) is 2.15. The molecule has 1 aromatic carbocycles. The van der Waals surface area contributed by atoms with Gasteiger partial charge in [-0.15, -0.1) is 0 Å². The standard InChI is InChI=1S/C18H20ClN3O3/c1-13-7-8-14(11-22-13)18(24)21-10-4-9-20-17(23)12-25-16-6-3-2-5-15(16)19/h2-3,5-8,11H,4,9-10,12H2,1H3,(H,20,23)(H,21,24). The summed E-state index contributed by atoms with van der Waals surface area (Å²) in [5.74, 6) is 0.0492. The Morgan fingerprint density at radius 3 is 2.60 bits per heavy atom. The Kier molecular flexibility index (Phi) is 7.22. The number of nitrogens with zero attached hydrogens (tertiary/aromatic N) is 1. The van der Waals surface area contributed by atoms with E-state index in [0.29, 0.717) is 35.8 Å². The smallest absolute Gasteiger partial charge is 0.257 e. The molecule has 1 heterocycles. The van der Waals surface area contributed by atoms with Gasteiger partial charge < -0.3 is 15.4 Å². The van der Waals surface area contributed by atoms with Crippen LogP contribution in [0, 0.1) is 6.92 Å². The van der Waals surface area contributed by atoms with Crippen molar-refractivity contribution in [2.75, 3.05) is 19.7 Å². The van der Waals surface area contributed by atoms with Crippen LogP contribution in [0.1, 0.15) is 22.5 Å². The van der Waals surface area contributed by atoms with Crippen LogP contribution in [0.4, 0.5) is 0 Å². The van der Waals surface area contributed by atoms with E-state index in [1.54, 1.807) is 42.6 Å². The average Bonchev–Trinajstić information content (AvgIpc) is 2.61. The van der Waals surface area contributed by atoms with E-state index in [1.807, 2.05) is 6.92 Å². The highest BCUT2D eigenvalue weighted by molar-refractivity contribution is 6.32. The van der Waals surface area contributed by atoms with Crippen molar-refractivity contribution in [2.24, 2.45) is 0 Å². The number of hydrogen-bond acceptors (Lipinski definition) is 4. The highest BCUT2D eigenvalue weighted by Gasteiger charge is 2.06. The third-order valence-corrected chi connectivity index (χ3v) is 3.64. The van der Waals surface area contributed by atoms with Gasteiger partial charge in [0, 0.05) is 25.0 Å². The molecule has 0 bridgehead atoms. The van der Waals surface area contributed by atoms with E-state index in [4.69, 9.17) is 16.3 Å². The van der Waals surface area contributed by atoms with Crippen LogP contribution >= 0.6 is 11.6 Å². The number of para-hydroxylation sites is 1. The third-order valence-electron chi connectivity index (χ3n) is 3.33. The van der Waals surface area contributed by atoms with Gasteiger partial charge in [0.2, 0.25) is 0 Å². The first-order chi connectivity index (χ1) is 12.1. The second-order valence-corrected chi connectivity index (χ2v) is 5.77. The van der Waals surface area contributed by atoms with E-state index in [9.17, 15) is 9.59 Å². The Labute approximate surface area is 151 Å². The Morgan fingerprint density at radius 1 is 1.12 bits per heavy atom. The first kappa shape index (κ1) is 18.7. The summed E-state index contributed by atoms with van der Waals surface area (Å²) in [4.78, 5) is 27.7. The lowest BCUT2D eigenvalue weighted by Gasteiger charge is -2.09. The maximum atomic E-state index is 11.9. The molecule has 0 spiro atoms. The molecule has 0 saturated heterocycles. The zero-order valence-electron chi connectivity index (χ0n) is 13.9. The largest absolute Gasteiger partial charge is 0.482 e. The Bertz CT molecular complexity index is 720. The topological polar surface area (TPSA) is 80.3 Å². The van der Waals surface area contributed by atoms with Crippen LogP contribution in [-0.2, 0) is 4.79 Å². The summed E-state index contributed by atoms with van der Waals surface area (Å²) in [6.45, 7) is 2.65. The molecule has 2 amide bonds. The summed E-state index contributed by atoms with van der Waals surface area (Å²) in [5.41, 5.74) is 1.38. The summed E-state index contributed by atoms with van der Waals surface area (Å²) in [6, 6.07) is 10.5. The van der Waals surface area contributed by atoms with Crippen molar-refractivity contribution in [1.29, 1.82) is 0 Å². The van der Waals surface area contributed by atoms with Crippen molar-refractivity contribution in [3.8, 4) is 5.75 Å². The zero-order chi connectivity index (χ0) is 18.1. The van der Waals surface area contributed by atoms with Crippen LogP contribution in [0.2, 0.25) is 5.02 Å². The number of carbonyl (C=O) groups is 2. The molecule has 0 atom stereocenters. The molecule has 0 radical (unpaired) electrons. The average molecular weight is 362 g/mol. The van der Waals surface area contributed by atoms with Gasteiger partial charge in [0.15, 0.2) is 6.61 Å². The molecule has 1 aromatic heterocycles. The van der Waals surface area contributed by atoms with Crippen LogP contribution in [0.5, 0.6) is 5.75 Å².